The summed E-state index contributed by atoms with van der Waals surface area (Å²) in [5.74, 6) is -1.59. The van der Waals surface area contributed by atoms with Crippen LogP contribution in [0.15, 0.2) is 65.8 Å². The van der Waals surface area contributed by atoms with Crippen LogP contribution >= 0.6 is 0 Å². The number of aliphatic hydroxyl groups is 1. The minimum atomic E-state index is -1.31. The minimum absolute atomic E-state index is 0.281. The molecule has 1 aliphatic heterocycles. The first-order valence-electron chi connectivity index (χ1n) is 6.27. The molecule has 0 radical (unpaired) electrons. The van der Waals surface area contributed by atoms with Crippen molar-refractivity contribution >= 4 is 5.71 Å². The lowest BCUT2D eigenvalue weighted by Gasteiger charge is -2.24. The molecule has 2 atom stereocenters. The van der Waals surface area contributed by atoms with Gasteiger partial charge in [0.1, 0.15) is 5.71 Å². The van der Waals surface area contributed by atoms with Gasteiger partial charge in [0, 0.05) is 12.5 Å². The van der Waals surface area contributed by atoms with E-state index in [1.807, 2.05) is 60.7 Å². The van der Waals surface area contributed by atoms with Gasteiger partial charge >= 0.3 is 0 Å². The lowest BCUT2D eigenvalue weighted by molar-refractivity contribution is -0.179. The van der Waals surface area contributed by atoms with Crippen LogP contribution in [0.25, 0.3) is 0 Å². The van der Waals surface area contributed by atoms with Crippen LogP contribution in [0.2, 0.25) is 0 Å². The molecule has 2 aromatic rings. The normalized spacial score (nSPS) is 25.8. The number of hydrogen-bond acceptors (Lipinski definition) is 3. The zero-order valence-electron chi connectivity index (χ0n) is 10.7. The molecule has 0 aromatic heterocycles. The van der Waals surface area contributed by atoms with Crippen molar-refractivity contribution in [3.05, 3.63) is 71.8 Å². The Balaban J connectivity index is 2.06. The van der Waals surface area contributed by atoms with E-state index in [4.69, 9.17) is 4.84 Å². The fourth-order valence-electron chi connectivity index (χ4n) is 2.44. The van der Waals surface area contributed by atoms with Gasteiger partial charge in [0.25, 0.3) is 0 Å². The second kappa shape index (κ2) is 4.52. The van der Waals surface area contributed by atoms with Gasteiger partial charge in [0.05, 0.1) is 5.92 Å². The number of rotatable bonds is 2. The van der Waals surface area contributed by atoms with E-state index in [0.29, 0.717) is 0 Å². The molecule has 96 valence electrons. The van der Waals surface area contributed by atoms with Crippen molar-refractivity contribution in [1.82, 2.24) is 0 Å². The first-order valence-corrected chi connectivity index (χ1v) is 6.27. The van der Waals surface area contributed by atoms with Crippen molar-refractivity contribution < 1.29 is 9.94 Å². The summed E-state index contributed by atoms with van der Waals surface area (Å²) in [6.07, 6.45) is 0. The molecule has 1 heterocycles. The molecule has 2 aromatic carbocycles. The standard InChI is InChI=1S/C16H15NO2/c1-16(18)14(12-8-4-2-5-9-12)15(17-19-16)13-10-6-3-7-11-13/h2-11,14,18H,1H3/t14?,16-/m1/s1. The highest BCUT2D eigenvalue weighted by Gasteiger charge is 2.44. The lowest BCUT2D eigenvalue weighted by atomic mass is 9.85. The van der Waals surface area contributed by atoms with Crippen molar-refractivity contribution in [2.75, 3.05) is 0 Å². The third kappa shape index (κ3) is 2.13. The van der Waals surface area contributed by atoms with Crippen LogP contribution in [-0.4, -0.2) is 16.6 Å². The maximum atomic E-state index is 10.4. The molecule has 0 amide bonds. The summed E-state index contributed by atoms with van der Waals surface area (Å²) in [7, 11) is 0. The van der Waals surface area contributed by atoms with Crippen LogP contribution in [0.3, 0.4) is 0 Å². The summed E-state index contributed by atoms with van der Waals surface area (Å²) in [5.41, 5.74) is 2.72. The highest BCUT2D eigenvalue weighted by Crippen LogP contribution is 2.38. The quantitative estimate of drug-likeness (QED) is 0.894. The Bertz CT molecular complexity index is 591. The van der Waals surface area contributed by atoms with E-state index in [-0.39, 0.29) is 5.92 Å². The summed E-state index contributed by atoms with van der Waals surface area (Å²) >= 11 is 0. The molecule has 0 bridgehead atoms. The molecule has 3 rings (SSSR count). The van der Waals surface area contributed by atoms with Crippen LogP contribution in [0.1, 0.15) is 24.0 Å². The topological polar surface area (TPSA) is 41.8 Å². The van der Waals surface area contributed by atoms with Crippen molar-refractivity contribution in [2.45, 2.75) is 18.6 Å². The van der Waals surface area contributed by atoms with E-state index in [9.17, 15) is 5.11 Å². The van der Waals surface area contributed by atoms with Gasteiger partial charge in [-0.2, -0.15) is 0 Å². The molecular weight excluding hydrogens is 238 g/mol. The molecule has 0 fully saturated rings. The third-order valence-electron chi connectivity index (χ3n) is 3.34. The molecule has 1 unspecified atom stereocenters. The Morgan fingerprint density at radius 2 is 1.58 bits per heavy atom. The molecule has 0 saturated carbocycles. The van der Waals surface area contributed by atoms with Gasteiger partial charge in [-0.15, -0.1) is 0 Å². The Hall–Kier alpha value is -2.13. The Kier molecular flexibility index (Phi) is 2.84. The third-order valence-corrected chi connectivity index (χ3v) is 3.34. The monoisotopic (exact) mass is 253 g/mol. The molecule has 3 nitrogen and oxygen atoms in total. The van der Waals surface area contributed by atoms with Crippen LogP contribution in [0.5, 0.6) is 0 Å². The van der Waals surface area contributed by atoms with E-state index >= 15 is 0 Å². The Morgan fingerprint density at radius 1 is 1.00 bits per heavy atom. The molecule has 0 spiro atoms. The highest BCUT2D eigenvalue weighted by atomic mass is 16.7. The molecular formula is C16H15NO2. The summed E-state index contributed by atoms with van der Waals surface area (Å²) in [4.78, 5) is 5.22. The van der Waals surface area contributed by atoms with Crippen LogP contribution in [-0.2, 0) is 4.84 Å². The minimum Gasteiger partial charge on any atom is -0.359 e. The number of oxime groups is 1. The number of benzene rings is 2. The first-order chi connectivity index (χ1) is 9.18. The SMILES string of the molecule is C[C@@]1(O)ON=C(c2ccccc2)C1c1ccccc1. The second-order valence-corrected chi connectivity index (χ2v) is 4.83. The zero-order valence-corrected chi connectivity index (χ0v) is 10.7. The molecule has 1 aliphatic rings. The van der Waals surface area contributed by atoms with E-state index < -0.39 is 5.79 Å². The van der Waals surface area contributed by atoms with Crippen LogP contribution in [0, 0.1) is 0 Å². The average Bonchev–Trinajstić information content (AvgIpc) is 2.76. The average molecular weight is 253 g/mol. The fraction of sp³-hybridized carbons (Fsp3) is 0.188. The predicted octanol–water partition coefficient (Wildman–Crippen LogP) is 2.91. The van der Waals surface area contributed by atoms with E-state index in [2.05, 4.69) is 5.16 Å². The number of nitrogens with zero attached hydrogens (tertiary/aromatic N) is 1. The molecule has 0 saturated heterocycles. The molecule has 19 heavy (non-hydrogen) atoms. The highest BCUT2D eigenvalue weighted by molar-refractivity contribution is 6.06. The van der Waals surface area contributed by atoms with Gasteiger partial charge in [0.15, 0.2) is 0 Å². The van der Waals surface area contributed by atoms with Gasteiger partial charge in [-0.25, -0.2) is 0 Å². The van der Waals surface area contributed by atoms with E-state index in [0.717, 1.165) is 16.8 Å². The van der Waals surface area contributed by atoms with Crippen molar-refractivity contribution in [1.29, 1.82) is 0 Å². The summed E-state index contributed by atoms with van der Waals surface area (Å²) in [5, 5.41) is 14.5. The summed E-state index contributed by atoms with van der Waals surface area (Å²) < 4.78 is 0. The Labute approximate surface area is 112 Å². The van der Waals surface area contributed by atoms with Gasteiger partial charge in [-0.1, -0.05) is 65.8 Å². The van der Waals surface area contributed by atoms with E-state index in [1.165, 1.54) is 0 Å². The fourth-order valence-corrected chi connectivity index (χ4v) is 2.44. The van der Waals surface area contributed by atoms with E-state index in [1.54, 1.807) is 6.92 Å². The summed E-state index contributed by atoms with van der Waals surface area (Å²) in [6.45, 7) is 1.64. The van der Waals surface area contributed by atoms with Crippen LogP contribution < -0.4 is 0 Å². The maximum absolute atomic E-state index is 10.4. The van der Waals surface area contributed by atoms with Gasteiger partial charge in [0.2, 0.25) is 5.79 Å². The number of hydrogen-bond donors (Lipinski definition) is 1. The van der Waals surface area contributed by atoms with Gasteiger partial charge in [-0.05, 0) is 5.56 Å². The van der Waals surface area contributed by atoms with Crippen molar-refractivity contribution in [3.63, 3.8) is 0 Å². The lowest BCUT2D eigenvalue weighted by Crippen LogP contribution is -2.33. The first kappa shape index (κ1) is 11.9. The maximum Gasteiger partial charge on any atom is 0.244 e. The predicted molar refractivity (Wildman–Crippen MR) is 73.9 cm³/mol. The van der Waals surface area contributed by atoms with Crippen molar-refractivity contribution in [2.24, 2.45) is 5.16 Å². The van der Waals surface area contributed by atoms with Crippen LogP contribution in [0.4, 0.5) is 0 Å². The van der Waals surface area contributed by atoms with Gasteiger partial charge < -0.3 is 9.94 Å². The largest absolute Gasteiger partial charge is 0.359 e. The molecule has 3 heteroatoms. The Morgan fingerprint density at radius 3 is 2.21 bits per heavy atom. The summed E-state index contributed by atoms with van der Waals surface area (Å²) in [6, 6.07) is 19.6. The van der Waals surface area contributed by atoms with Gasteiger partial charge in [-0.3, -0.25) is 0 Å². The smallest absolute Gasteiger partial charge is 0.244 e. The zero-order chi connectivity index (χ0) is 13.3. The molecule has 0 aliphatic carbocycles. The molecule has 1 N–H and O–H groups in total. The second-order valence-electron chi connectivity index (χ2n) is 4.83. The van der Waals surface area contributed by atoms with Crippen molar-refractivity contribution in [3.8, 4) is 0 Å².